The number of carbonyl (C=O) groups is 1. The van der Waals surface area contributed by atoms with Crippen LogP contribution in [0.25, 0.3) is 0 Å². The van der Waals surface area contributed by atoms with Gasteiger partial charge < -0.3 is 11.5 Å². The zero-order valence-corrected chi connectivity index (χ0v) is 10.5. The van der Waals surface area contributed by atoms with E-state index in [9.17, 15) is 4.79 Å². The van der Waals surface area contributed by atoms with E-state index in [1.807, 2.05) is 13.8 Å². The molecule has 0 saturated heterocycles. The summed E-state index contributed by atoms with van der Waals surface area (Å²) in [7, 11) is 0. The Morgan fingerprint density at radius 3 is 2.65 bits per heavy atom. The van der Waals surface area contributed by atoms with E-state index in [1.165, 1.54) is 11.1 Å². The molecule has 1 aliphatic carbocycles. The van der Waals surface area contributed by atoms with Gasteiger partial charge in [0.05, 0.1) is 0 Å². The zero-order chi connectivity index (χ0) is 12.6. The SMILES string of the molecule is CC(C)(N)c1ccc2c(c1)CCC(C(N)=O)C2. The van der Waals surface area contributed by atoms with Crippen molar-refractivity contribution in [3.63, 3.8) is 0 Å². The van der Waals surface area contributed by atoms with Gasteiger partial charge in [-0.25, -0.2) is 0 Å². The van der Waals surface area contributed by atoms with Gasteiger partial charge in [0.15, 0.2) is 0 Å². The summed E-state index contributed by atoms with van der Waals surface area (Å²) < 4.78 is 0. The quantitative estimate of drug-likeness (QED) is 0.810. The lowest BCUT2D eigenvalue weighted by atomic mass is 9.81. The summed E-state index contributed by atoms with van der Waals surface area (Å²) in [5.41, 5.74) is 14.9. The Hall–Kier alpha value is -1.35. The maximum atomic E-state index is 11.2. The van der Waals surface area contributed by atoms with E-state index in [2.05, 4.69) is 18.2 Å². The molecule has 1 amide bonds. The monoisotopic (exact) mass is 232 g/mol. The summed E-state index contributed by atoms with van der Waals surface area (Å²) in [5, 5.41) is 0. The average molecular weight is 232 g/mol. The van der Waals surface area contributed by atoms with Crippen molar-refractivity contribution >= 4 is 5.91 Å². The number of aryl methyl sites for hydroxylation is 1. The number of fused-ring (bicyclic) bond motifs is 1. The third kappa shape index (κ3) is 2.50. The van der Waals surface area contributed by atoms with Crippen LogP contribution >= 0.6 is 0 Å². The van der Waals surface area contributed by atoms with E-state index in [1.54, 1.807) is 0 Å². The molecule has 0 aromatic heterocycles. The Kier molecular flexibility index (Phi) is 2.96. The van der Waals surface area contributed by atoms with Crippen LogP contribution in [-0.2, 0) is 23.2 Å². The molecule has 92 valence electrons. The normalized spacial score (nSPS) is 19.8. The van der Waals surface area contributed by atoms with Crippen LogP contribution in [0.15, 0.2) is 18.2 Å². The lowest BCUT2D eigenvalue weighted by Gasteiger charge is -2.26. The molecule has 3 heteroatoms. The molecule has 4 N–H and O–H groups in total. The predicted octanol–water partition coefficient (Wildman–Crippen LogP) is 1.47. The second-order valence-electron chi connectivity index (χ2n) is 5.55. The minimum absolute atomic E-state index is 0.000707. The standard InChI is InChI=1S/C14H20N2O/c1-14(2,16)12-6-5-9-7-11(13(15)17)4-3-10(9)8-12/h5-6,8,11H,3-4,7,16H2,1-2H3,(H2,15,17). The number of rotatable bonds is 2. The minimum atomic E-state index is -0.310. The Bertz CT molecular complexity index is 446. The molecule has 0 heterocycles. The number of benzene rings is 1. The van der Waals surface area contributed by atoms with Crippen LogP contribution < -0.4 is 11.5 Å². The van der Waals surface area contributed by atoms with Crippen molar-refractivity contribution < 1.29 is 4.79 Å². The summed E-state index contributed by atoms with van der Waals surface area (Å²) in [6.07, 6.45) is 2.56. The van der Waals surface area contributed by atoms with E-state index in [-0.39, 0.29) is 17.4 Å². The second kappa shape index (κ2) is 4.15. The Morgan fingerprint density at radius 2 is 2.06 bits per heavy atom. The van der Waals surface area contributed by atoms with Crippen molar-refractivity contribution in [2.45, 2.75) is 38.6 Å². The van der Waals surface area contributed by atoms with Crippen molar-refractivity contribution in [1.82, 2.24) is 0 Å². The predicted molar refractivity (Wildman–Crippen MR) is 68.4 cm³/mol. The van der Waals surface area contributed by atoms with E-state index in [0.717, 1.165) is 24.8 Å². The van der Waals surface area contributed by atoms with Gasteiger partial charge in [-0.3, -0.25) is 4.79 Å². The summed E-state index contributed by atoms with van der Waals surface area (Å²) in [4.78, 5) is 11.2. The van der Waals surface area contributed by atoms with Crippen LogP contribution in [-0.4, -0.2) is 5.91 Å². The molecular formula is C14H20N2O. The Balaban J connectivity index is 2.29. The van der Waals surface area contributed by atoms with Gasteiger partial charge in [-0.05, 0) is 49.8 Å². The molecule has 0 bridgehead atoms. The van der Waals surface area contributed by atoms with Crippen molar-refractivity contribution in [3.8, 4) is 0 Å². The highest BCUT2D eigenvalue weighted by Gasteiger charge is 2.24. The van der Waals surface area contributed by atoms with Crippen molar-refractivity contribution in [1.29, 1.82) is 0 Å². The molecule has 1 atom stereocenters. The molecule has 0 saturated carbocycles. The van der Waals surface area contributed by atoms with Gasteiger partial charge in [0.2, 0.25) is 5.91 Å². The van der Waals surface area contributed by atoms with Crippen LogP contribution in [0.1, 0.15) is 37.0 Å². The number of amides is 1. The van der Waals surface area contributed by atoms with Gasteiger partial charge in [0.1, 0.15) is 0 Å². The lowest BCUT2D eigenvalue weighted by molar-refractivity contribution is -0.122. The van der Waals surface area contributed by atoms with Gasteiger partial charge in [-0.1, -0.05) is 18.2 Å². The fraction of sp³-hybridized carbons (Fsp3) is 0.500. The van der Waals surface area contributed by atoms with Crippen LogP contribution in [0.5, 0.6) is 0 Å². The van der Waals surface area contributed by atoms with Crippen molar-refractivity contribution in [2.24, 2.45) is 17.4 Å². The molecule has 1 aliphatic rings. The van der Waals surface area contributed by atoms with Crippen LogP contribution in [0.2, 0.25) is 0 Å². The van der Waals surface area contributed by atoms with Gasteiger partial charge in [0.25, 0.3) is 0 Å². The number of carbonyl (C=O) groups excluding carboxylic acids is 1. The van der Waals surface area contributed by atoms with Crippen molar-refractivity contribution in [3.05, 3.63) is 34.9 Å². The molecular weight excluding hydrogens is 212 g/mol. The zero-order valence-electron chi connectivity index (χ0n) is 10.5. The van der Waals surface area contributed by atoms with E-state index >= 15 is 0 Å². The van der Waals surface area contributed by atoms with E-state index in [0.29, 0.717) is 0 Å². The first-order valence-electron chi connectivity index (χ1n) is 6.08. The Morgan fingerprint density at radius 1 is 1.35 bits per heavy atom. The van der Waals surface area contributed by atoms with Gasteiger partial charge in [-0.2, -0.15) is 0 Å². The lowest BCUT2D eigenvalue weighted by Crippen LogP contribution is -2.31. The fourth-order valence-corrected chi connectivity index (χ4v) is 2.40. The highest BCUT2D eigenvalue weighted by atomic mass is 16.1. The second-order valence-corrected chi connectivity index (χ2v) is 5.55. The summed E-state index contributed by atoms with van der Waals surface area (Å²) in [6.45, 7) is 4.01. The van der Waals surface area contributed by atoms with Crippen LogP contribution in [0.4, 0.5) is 0 Å². The highest BCUT2D eigenvalue weighted by Crippen LogP contribution is 2.28. The number of hydrogen-bond acceptors (Lipinski definition) is 2. The first-order chi connectivity index (χ1) is 7.88. The van der Waals surface area contributed by atoms with Crippen LogP contribution in [0, 0.1) is 5.92 Å². The van der Waals surface area contributed by atoms with E-state index < -0.39 is 0 Å². The number of primary amides is 1. The van der Waals surface area contributed by atoms with Crippen molar-refractivity contribution in [2.75, 3.05) is 0 Å². The van der Waals surface area contributed by atoms with Gasteiger partial charge in [0, 0.05) is 11.5 Å². The number of nitrogens with two attached hydrogens (primary N) is 2. The molecule has 1 unspecified atom stereocenters. The molecule has 0 aliphatic heterocycles. The summed E-state index contributed by atoms with van der Waals surface area (Å²) in [6, 6.07) is 6.32. The topological polar surface area (TPSA) is 69.1 Å². The molecule has 0 radical (unpaired) electrons. The maximum absolute atomic E-state index is 11.2. The van der Waals surface area contributed by atoms with Crippen LogP contribution in [0.3, 0.4) is 0 Å². The molecule has 0 fully saturated rings. The maximum Gasteiger partial charge on any atom is 0.220 e. The molecule has 2 rings (SSSR count). The van der Waals surface area contributed by atoms with E-state index in [4.69, 9.17) is 11.5 Å². The first kappa shape index (κ1) is 12.1. The van der Waals surface area contributed by atoms with Gasteiger partial charge >= 0.3 is 0 Å². The molecule has 17 heavy (non-hydrogen) atoms. The first-order valence-corrected chi connectivity index (χ1v) is 6.08. The Labute approximate surface area is 102 Å². The third-order valence-corrected chi connectivity index (χ3v) is 3.58. The fourth-order valence-electron chi connectivity index (χ4n) is 2.40. The largest absolute Gasteiger partial charge is 0.369 e. The summed E-state index contributed by atoms with van der Waals surface area (Å²) >= 11 is 0. The highest BCUT2D eigenvalue weighted by molar-refractivity contribution is 5.77. The molecule has 1 aromatic rings. The summed E-state index contributed by atoms with van der Waals surface area (Å²) in [5.74, 6) is -0.182. The average Bonchev–Trinajstić information content (AvgIpc) is 2.26. The number of hydrogen-bond donors (Lipinski definition) is 2. The van der Waals surface area contributed by atoms with Gasteiger partial charge in [-0.15, -0.1) is 0 Å². The molecule has 1 aromatic carbocycles. The minimum Gasteiger partial charge on any atom is -0.369 e. The third-order valence-electron chi connectivity index (χ3n) is 3.58. The smallest absolute Gasteiger partial charge is 0.220 e. The molecule has 3 nitrogen and oxygen atoms in total. The molecule has 0 spiro atoms.